The minimum Gasteiger partial charge on any atom is -0.465 e. The van der Waals surface area contributed by atoms with Crippen LogP contribution in [0.1, 0.15) is 25.0 Å². The molecule has 0 aliphatic heterocycles. The van der Waals surface area contributed by atoms with Crippen molar-refractivity contribution in [1.29, 1.82) is 0 Å². The number of imidazole rings is 1. The van der Waals surface area contributed by atoms with Crippen molar-refractivity contribution >= 4 is 51.2 Å². The topological polar surface area (TPSA) is 44.1 Å². The van der Waals surface area contributed by atoms with Gasteiger partial charge in [-0.15, -0.1) is 11.6 Å². The van der Waals surface area contributed by atoms with Gasteiger partial charge in [-0.2, -0.15) is 0 Å². The number of fused-ring (bicyclic) bond motifs is 1. The lowest BCUT2D eigenvalue weighted by molar-refractivity contribution is -0.143. The van der Waals surface area contributed by atoms with E-state index in [4.69, 9.17) is 16.3 Å². The van der Waals surface area contributed by atoms with E-state index >= 15 is 0 Å². The summed E-state index contributed by atoms with van der Waals surface area (Å²) in [7, 11) is 0. The summed E-state index contributed by atoms with van der Waals surface area (Å²) >= 11 is 7.99. The highest BCUT2D eigenvalue weighted by Gasteiger charge is 2.19. The average Bonchev–Trinajstić information content (AvgIpc) is 2.69. The molecule has 20 heavy (non-hydrogen) atoms. The van der Waals surface area contributed by atoms with Crippen molar-refractivity contribution in [2.24, 2.45) is 0 Å². The first-order valence-corrected chi connectivity index (χ1v) is 7.60. The molecule has 4 nitrogen and oxygen atoms in total. The Labute approximate surface area is 134 Å². The monoisotopic (exact) mass is 410 g/mol. The third-order valence-electron chi connectivity index (χ3n) is 2.77. The maximum absolute atomic E-state index is 13.7. The summed E-state index contributed by atoms with van der Waals surface area (Å²) in [5, 5.41) is -0.391. The summed E-state index contributed by atoms with van der Waals surface area (Å²) in [5.74, 6) is -0.225. The Morgan fingerprint density at radius 3 is 2.90 bits per heavy atom. The summed E-state index contributed by atoms with van der Waals surface area (Å²) in [5.41, 5.74) is 1.15. The first-order valence-electron chi connectivity index (χ1n) is 6.09. The van der Waals surface area contributed by atoms with Gasteiger partial charge in [0.25, 0.3) is 0 Å². The second-order valence-electron chi connectivity index (χ2n) is 4.23. The molecule has 1 heterocycles. The van der Waals surface area contributed by atoms with E-state index in [2.05, 4.69) is 4.98 Å². The second-order valence-corrected chi connectivity index (χ2v) is 6.05. The number of carbonyl (C=O) groups is 1. The molecule has 1 aromatic heterocycles. The number of esters is 1. The van der Waals surface area contributed by atoms with E-state index in [-0.39, 0.29) is 12.4 Å². The van der Waals surface area contributed by atoms with Gasteiger partial charge in [0.05, 0.1) is 26.6 Å². The summed E-state index contributed by atoms with van der Waals surface area (Å²) in [4.78, 5) is 16.1. The molecule has 0 N–H and O–H groups in total. The number of ether oxygens (including phenoxy) is 1. The van der Waals surface area contributed by atoms with Crippen LogP contribution in [0.3, 0.4) is 0 Å². The minimum absolute atomic E-state index is 0.0310. The normalized spacial score (nSPS) is 12.7. The molecular formula is C13H13ClFIN2O2. The molecule has 0 amide bonds. The van der Waals surface area contributed by atoms with Gasteiger partial charge >= 0.3 is 5.97 Å². The van der Waals surface area contributed by atoms with Crippen LogP contribution in [-0.2, 0) is 16.1 Å². The number of hydrogen-bond acceptors (Lipinski definition) is 3. The van der Waals surface area contributed by atoms with Crippen molar-refractivity contribution in [2.45, 2.75) is 25.8 Å². The van der Waals surface area contributed by atoms with E-state index in [9.17, 15) is 9.18 Å². The fourth-order valence-electron chi connectivity index (χ4n) is 1.94. The van der Waals surface area contributed by atoms with Gasteiger partial charge in [-0.1, -0.05) is 0 Å². The van der Waals surface area contributed by atoms with Crippen LogP contribution in [0, 0.1) is 9.39 Å². The predicted molar refractivity (Wildman–Crippen MR) is 83.3 cm³/mol. The fourth-order valence-corrected chi connectivity index (χ4v) is 2.56. The van der Waals surface area contributed by atoms with Crippen LogP contribution >= 0.6 is 34.2 Å². The molecule has 0 bridgehead atoms. The number of hydrogen-bond donors (Lipinski definition) is 0. The molecule has 0 saturated carbocycles. The molecule has 0 saturated heterocycles. The minimum atomic E-state index is -0.399. The summed E-state index contributed by atoms with van der Waals surface area (Å²) < 4.78 is 20.7. The molecule has 0 aliphatic carbocycles. The highest BCUT2D eigenvalue weighted by Crippen LogP contribution is 2.27. The maximum Gasteiger partial charge on any atom is 0.326 e. The van der Waals surface area contributed by atoms with Gasteiger partial charge in [0.15, 0.2) is 0 Å². The number of nitrogens with zero attached hydrogens (tertiary/aromatic N) is 2. The predicted octanol–water partition coefficient (Wildman–Crippen LogP) is 3.64. The van der Waals surface area contributed by atoms with Gasteiger partial charge in [-0.05, 0) is 42.5 Å². The summed E-state index contributed by atoms with van der Waals surface area (Å²) in [6.45, 7) is 3.75. The highest BCUT2D eigenvalue weighted by molar-refractivity contribution is 14.1. The molecule has 2 rings (SSSR count). The average molecular weight is 411 g/mol. The molecule has 0 aliphatic rings. The fraction of sp³-hybridized carbons (Fsp3) is 0.385. The molecule has 2 aromatic rings. The van der Waals surface area contributed by atoms with E-state index in [1.807, 2.05) is 22.6 Å². The van der Waals surface area contributed by atoms with Crippen LogP contribution in [-0.4, -0.2) is 22.1 Å². The quantitative estimate of drug-likeness (QED) is 0.439. The zero-order chi connectivity index (χ0) is 14.9. The van der Waals surface area contributed by atoms with Crippen molar-refractivity contribution in [1.82, 2.24) is 9.55 Å². The zero-order valence-electron chi connectivity index (χ0n) is 11.0. The SMILES string of the molecule is CCOC(=O)Cn1c(C(C)Cl)nc2cc(I)c(F)cc21. The van der Waals surface area contributed by atoms with Crippen molar-refractivity contribution < 1.29 is 13.9 Å². The Kier molecular flexibility index (Phi) is 4.85. The van der Waals surface area contributed by atoms with Gasteiger partial charge in [-0.3, -0.25) is 4.79 Å². The van der Waals surface area contributed by atoms with Crippen LogP contribution in [0.25, 0.3) is 11.0 Å². The van der Waals surface area contributed by atoms with Crippen molar-refractivity contribution in [3.63, 3.8) is 0 Å². The van der Waals surface area contributed by atoms with E-state index in [1.165, 1.54) is 6.07 Å². The molecule has 1 aromatic carbocycles. The molecule has 1 unspecified atom stereocenters. The number of aromatic nitrogens is 2. The molecule has 0 spiro atoms. The van der Waals surface area contributed by atoms with Crippen molar-refractivity contribution in [2.75, 3.05) is 6.61 Å². The van der Waals surface area contributed by atoms with Gasteiger partial charge in [0, 0.05) is 6.07 Å². The van der Waals surface area contributed by atoms with Crippen LogP contribution in [0.15, 0.2) is 12.1 Å². The van der Waals surface area contributed by atoms with Gasteiger partial charge in [0.2, 0.25) is 0 Å². The van der Waals surface area contributed by atoms with Gasteiger partial charge in [-0.25, -0.2) is 9.37 Å². The van der Waals surface area contributed by atoms with E-state index < -0.39 is 11.3 Å². The van der Waals surface area contributed by atoms with Gasteiger partial charge in [0.1, 0.15) is 18.2 Å². The number of carbonyl (C=O) groups excluding carboxylic acids is 1. The number of rotatable bonds is 4. The third-order valence-corrected chi connectivity index (χ3v) is 3.79. The van der Waals surface area contributed by atoms with E-state index in [1.54, 1.807) is 24.5 Å². The number of benzene rings is 1. The van der Waals surface area contributed by atoms with Crippen LogP contribution in [0.4, 0.5) is 4.39 Å². The Morgan fingerprint density at radius 2 is 2.30 bits per heavy atom. The van der Waals surface area contributed by atoms with Gasteiger partial charge < -0.3 is 9.30 Å². The Bertz CT molecular complexity index is 657. The standard InChI is InChI=1S/C13H13ClFIN2O2/c1-3-20-12(19)6-18-11-4-8(15)9(16)5-10(11)17-13(18)7(2)14/h4-5,7H,3,6H2,1-2H3. The Hall–Kier alpha value is -0.890. The molecule has 108 valence electrons. The molecule has 0 radical (unpaired) electrons. The maximum atomic E-state index is 13.7. The Balaban J connectivity index is 2.56. The number of halogens is 3. The second kappa shape index (κ2) is 6.26. The van der Waals surface area contributed by atoms with Crippen LogP contribution in [0.5, 0.6) is 0 Å². The van der Waals surface area contributed by atoms with Crippen molar-refractivity contribution in [3.05, 3.63) is 27.3 Å². The first kappa shape index (κ1) is 15.5. The Morgan fingerprint density at radius 1 is 1.60 bits per heavy atom. The largest absolute Gasteiger partial charge is 0.465 e. The van der Waals surface area contributed by atoms with Crippen LogP contribution < -0.4 is 0 Å². The highest BCUT2D eigenvalue weighted by atomic mass is 127. The molecule has 0 fully saturated rings. The van der Waals surface area contributed by atoms with E-state index in [0.717, 1.165) is 0 Å². The summed E-state index contributed by atoms with van der Waals surface area (Å²) in [6, 6.07) is 3.00. The molecule has 1 atom stereocenters. The van der Waals surface area contributed by atoms with Crippen LogP contribution in [0.2, 0.25) is 0 Å². The van der Waals surface area contributed by atoms with E-state index in [0.29, 0.717) is 27.0 Å². The smallest absolute Gasteiger partial charge is 0.326 e. The van der Waals surface area contributed by atoms with Crippen molar-refractivity contribution in [3.8, 4) is 0 Å². The number of alkyl halides is 1. The lowest BCUT2D eigenvalue weighted by atomic mass is 10.3. The summed E-state index contributed by atoms with van der Waals surface area (Å²) in [6.07, 6.45) is 0. The lowest BCUT2D eigenvalue weighted by Crippen LogP contribution is -2.15. The first-order chi connectivity index (χ1) is 9.43. The zero-order valence-corrected chi connectivity index (χ0v) is 13.9. The third kappa shape index (κ3) is 3.06. The molecular weight excluding hydrogens is 398 g/mol. The molecule has 7 heteroatoms. The lowest BCUT2D eigenvalue weighted by Gasteiger charge is -2.09.